The molecule has 8 rings (SSSR count). The predicted molar refractivity (Wildman–Crippen MR) is 264 cm³/mol. The first-order valence-electron chi connectivity index (χ1n) is 28.2. The van der Waals surface area contributed by atoms with Crippen molar-refractivity contribution in [1.82, 2.24) is 0 Å². The summed E-state index contributed by atoms with van der Waals surface area (Å²) in [6.45, 7) is -8.07. The first-order valence-corrected chi connectivity index (χ1v) is 28.2. The van der Waals surface area contributed by atoms with E-state index in [-0.39, 0.29) is 0 Å². The van der Waals surface area contributed by atoms with Crippen LogP contribution in [-0.2, 0) is 71.1 Å². The van der Waals surface area contributed by atoms with E-state index in [0.29, 0.717) is 0 Å². The molecule has 8 aliphatic heterocycles. The van der Waals surface area contributed by atoms with E-state index in [9.17, 15) is 133 Å². The average Bonchev–Trinajstić information content (AvgIpc) is 1.20. The summed E-state index contributed by atoms with van der Waals surface area (Å²) in [5, 5.41) is 277. The number of aliphatic hydroxyl groups excluding tert-OH is 26. The lowest BCUT2D eigenvalue weighted by atomic mass is 9.95. The van der Waals surface area contributed by atoms with Crippen molar-refractivity contribution < 1.29 is 204 Å². The van der Waals surface area contributed by atoms with Gasteiger partial charge in [0.25, 0.3) is 0 Å². The molecule has 8 fully saturated rings. The van der Waals surface area contributed by atoms with E-state index in [1.165, 1.54) is 0 Å². The van der Waals surface area contributed by atoms with Crippen LogP contribution in [0, 0.1) is 0 Å². The van der Waals surface area contributed by atoms with Gasteiger partial charge in [0, 0.05) is 0 Å². The molecule has 520 valence electrons. The highest BCUT2D eigenvalue weighted by Crippen LogP contribution is 2.39. The van der Waals surface area contributed by atoms with Gasteiger partial charge in [0.1, 0.15) is 195 Å². The van der Waals surface area contributed by atoms with Crippen LogP contribution in [0.5, 0.6) is 0 Å². The van der Waals surface area contributed by atoms with E-state index < -0.39 is 299 Å². The van der Waals surface area contributed by atoms with Crippen molar-refractivity contribution in [2.24, 2.45) is 0 Å². The SMILES string of the molecule is OC[C@H]1O[C@H](O[C@H]2[C@H](O)[C@@H](O)[C@@H](O[C@H]3[C@H](O)[C@@H](O)[C@@H](O[C@H]4[C@H](O)[C@@H](O)[C@@H](O[C@H]5[C@H](O)[C@@H](O)[C@@H](O[C@H]6[C@H](O)[C@@H](O)[C@@H](O[C@H]7[C@H](O)[C@@H](O)[C@@H](O[C@H]8[C@H](O)[C@@H](O)C(O)O[C@@H]8CO)O[C@@H]7CO)O[C@@H]6CO)O[C@@H]5CO)O[C@@H]4CO)O[C@@H]3CO)O[C@@H]2CO)[C@H](O)[C@@H](O)[C@@H]1O. The van der Waals surface area contributed by atoms with Crippen LogP contribution in [0.1, 0.15) is 0 Å². The molecule has 41 nitrogen and oxygen atoms in total. The van der Waals surface area contributed by atoms with Crippen molar-refractivity contribution in [3.8, 4) is 0 Å². The van der Waals surface area contributed by atoms with Crippen molar-refractivity contribution in [2.45, 2.75) is 246 Å². The molecule has 0 spiro atoms. The topological polar surface area (TPSA) is 664 Å². The van der Waals surface area contributed by atoms with Gasteiger partial charge in [0.15, 0.2) is 50.3 Å². The fourth-order valence-electron chi connectivity index (χ4n) is 11.5. The molecule has 0 aliphatic carbocycles. The van der Waals surface area contributed by atoms with Crippen molar-refractivity contribution in [3.05, 3.63) is 0 Å². The molecule has 0 aromatic rings. The minimum absolute atomic E-state index is 0.854. The molecule has 1 unspecified atom stereocenters. The monoisotopic (exact) mass is 1310 g/mol. The number of hydrogen-bond donors (Lipinski definition) is 26. The summed E-state index contributed by atoms with van der Waals surface area (Å²) in [4.78, 5) is 0. The summed E-state index contributed by atoms with van der Waals surface area (Å²) in [5.74, 6) is 0. The molecule has 0 saturated carbocycles. The smallest absolute Gasteiger partial charge is 0.187 e. The third-order valence-corrected chi connectivity index (χ3v) is 16.7. The van der Waals surface area contributed by atoms with Crippen molar-refractivity contribution in [3.63, 3.8) is 0 Å². The van der Waals surface area contributed by atoms with Gasteiger partial charge in [-0.15, -0.1) is 0 Å². The summed E-state index contributed by atoms with van der Waals surface area (Å²) in [7, 11) is 0. The fraction of sp³-hybridized carbons (Fsp3) is 1.00. The van der Waals surface area contributed by atoms with E-state index in [1.807, 2.05) is 0 Å². The molecule has 26 N–H and O–H groups in total. The van der Waals surface area contributed by atoms with Gasteiger partial charge < -0.3 is 204 Å². The second-order valence-electron chi connectivity index (χ2n) is 22.4. The second-order valence-corrected chi connectivity index (χ2v) is 22.4. The molecule has 41 heteroatoms. The molecule has 8 saturated heterocycles. The maximum atomic E-state index is 11.4. The highest BCUT2D eigenvalue weighted by atomic mass is 16.8. The summed E-state index contributed by atoms with van der Waals surface area (Å²) in [6, 6.07) is 0. The van der Waals surface area contributed by atoms with Crippen molar-refractivity contribution >= 4 is 0 Å². The molecule has 89 heavy (non-hydrogen) atoms. The normalized spacial score (nSPS) is 53.6. The molecule has 0 amide bonds. The molecule has 8 heterocycles. The molecule has 8 aliphatic rings. The number of rotatable bonds is 22. The van der Waals surface area contributed by atoms with Gasteiger partial charge in [-0.05, 0) is 0 Å². The van der Waals surface area contributed by atoms with Crippen LogP contribution in [0.3, 0.4) is 0 Å². The maximum absolute atomic E-state index is 11.4. The van der Waals surface area contributed by atoms with Gasteiger partial charge in [-0.3, -0.25) is 0 Å². The Hall–Kier alpha value is -1.64. The standard InChI is InChI=1S/C48H82O41/c49-1-9-17(57)18(58)27(67)42(76-9)84-35-11(3-51)78-44(29(69)20(35)60)86-37-13(5-53)80-46(31(71)22(37)62)88-39-15(7-55)82-48(33(73)24(39)64)89-40-16(8-56)81-47(32(72)25(40)65)87-38-14(6-54)79-45(30(70)23(38)63)85-36-12(4-52)77-43(28(68)21(36)61)83-34-10(2-50)75-41(74)26(66)19(34)59/h9-74H,1-8H2/t9-,10-,11-,12-,13-,14-,15-,16-,17-,18+,19-,20-,21-,22-,23-,24-,25-,26-,27-,28-,29-,30-,31-,32-,33-,34-,35-,36-,37-,38-,39-,40-,41?,42-,43-,44-,45-,46-,47-,48-/m1/s1. The first kappa shape index (κ1) is 73.2. The molecule has 0 radical (unpaired) electrons. The van der Waals surface area contributed by atoms with E-state index in [1.54, 1.807) is 0 Å². The zero-order valence-electron chi connectivity index (χ0n) is 46.5. The Balaban J connectivity index is 0.850. The Labute approximate surface area is 501 Å². The predicted octanol–water partition coefficient (Wildman–Crippen LogP) is -18.5. The number of aliphatic hydroxyl groups is 26. The van der Waals surface area contributed by atoms with Crippen LogP contribution in [-0.4, -0.2) is 431 Å². The van der Waals surface area contributed by atoms with Gasteiger partial charge in [-0.1, -0.05) is 0 Å². The lowest BCUT2D eigenvalue weighted by Crippen LogP contribution is -2.68. The maximum Gasteiger partial charge on any atom is 0.187 e. The largest absolute Gasteiger partial charge is 0.394 e. The average molecular weight is 1320 g/mol. The Morgan fingerprint density at radius 2 is 0.326 bits per heavy atom. The lowest BCUT2D eigenvalue weighted by Gasteiger charge is -2.50. The van der Waals surface area contributed by atoms with Crippen LogP contribution < -0.4 is 0 Å². The number of hydrogen-bond acceptors (Lipinski definition) is 41. The van der Waals surface area contributed by atoms with Gasteiger partial charge in [0.05, 0.1) is 52.9 Å². The Morgan fingerprint density at radius 3 is 0.517 bits per heavy atom. The van der Waals surface area contributed by atoms with E-state index in [4.69, 9.17) is 71.1 Å². The zero-order valence-corrected chi connectivity index (χ0v) is 46.5. The highest BCUT2D eigenvalue weighted by molar-refractivity contribution is 5.02. The molecular formula is C48H82O41. The van der Waals surface area contributed by atoms with Gasteiger partial charge >= 0.3 is 0 Å². The quantitative estimate of drug-likeness (QED) is 0.0479. The third-order valence-electron chi connectivity index (χ3n) is 16.7. The minimum Gasteiger partial charge on any atom is -0.394 e. The van der Waals surface area contributed by atoms with Crippen LogP contribution in [0.2, 0.25) is 0 Å². The van der Waals surface area contributed by atoms with E-state index in [2.05, 4.69) is 0 Å². The zero-order chi connectivity index (χ0) is 65.4. The minimum atomic E-state index is -2.26. The Bertz CT molecular complexity index is 2120. The summed E-state index contributed by atoms with van der Waals surface area (Å²) >= 11 is 0. The molecule has 0 aromatic heterocycles. The summed E-state index contributed by atoms with van der Waals surface area (Å²) < 4.78 is 83.4. The second kappa shape index (κ2) is 31.5. The van der Waals surface area contributed by atoms with E-state index >= 15 is 0 Å². The first-order chi connectivity index (χ1) is 42.2. The van der Waals surface area contributed by atoms with Gasteiger partial charge in [-0.25, -0.2) is 0 Å². The highest BCUT2D eigenvalue weighted by Gasteiger charge is 2.59. The number of ether oxygens (including phenoxy) is 15. The van der Waals surface area contributed by atoms with Crippen LogP contribution in [0.25, 0.3) is 0 Å². The fourth-order valence-corrected chi connectivity index (χ4v) is 11.5. The van der Waals surface area contributed by atoms with Crippen molar-refractivity contribution in [1.29, 1.82) is 0 Å². The van der Waals surface area contributed by atoms with Crippen molar-refractivity contribution in [2.75, 3.05) is 52.9 Å². The Kier molecular flexibility index (Phi) is 25.9. The van der Waals surface area contributed by atoms with Gasteiger partial charge in [0.2, 0.25) is 0 Å². The molecule has 0 aromatic carbocycles. The van der Waals surface area contributed by atoms with Crippen LogP contribution >= 0.6 is 0 Å². The third kappa shape index (κ3) is 15.0. The molecular weight excluding hydrogens is 1230 g/mol. The lowest BCUT2D eigenvalue weighted by molar-refractivity contribution is -0.399. The van der Waals surface area contributed by atoms with Crippen LogP contribution in [0.15, 0.2) is 0 Å². The van der Waals surface area contributed by atoms with E-state index in [0.717, 1.165) is 0 Å². The molecule has 0 bridgehead atoms. The molecule has 40 atom stereocenters. The summed E-state index contributed by atoms with van der Waals surface area (Å²) in [6.07, 6.45) is -78.4. The van der Waals surface area contributed by atoms with Crippen LogP contribution in [0.4, 0.5) is 0 Å². The summed E-state index contributed by atoms with van der Waals surface area (Å²) in [5.41, 5.74) is 0. The van der Waals surface area contributed by atoms with Gasteiger partial charge in [-0.2, -0.15) is 0 Å². The Morgan fingerprint density at radius 1 is 0.169 bits per heavy atom.